The van der Waals surface area contributed by atoms with Crippen molar-refractivity contribution in [3.63, 3.8) is 0 Å². The van der Waals surface area contributed by atoms with E-state index in [9.17, 15) is 14.4 Å². The monoisotopic (exact) mass is 380 g/mol. The molecule has 1 aliphatic rings. The summed E-state index contributed by atoms with van der Waals surface area (Å²) >= 11 is 1.86. The normalized spacial score (nSPS) is 22.4. The minimum atomic E-state index is -0.497. The molecule has 0 saturated carbocycles. The Balaban J connectivity index is 2.09. The van der Waals surface area contributed by atoms with Crippen LogP contribution in [0.25, 0.3) is 0 Å². The van der Waals surface area contributed by atoms with E-state index in [1.165, 1.54) is 17.7 Å². The third-order valence-electron chi connectivity index (χ3n) is 2.79. The van der Waals surface area contributed by atoms with Crippen molar-refractivity contribution in [1.82, 2.24) is 9.55 Å². The zero-order valence-electron chi connectivity index (χ0n) is 10.2. The number of carbonyl (C=O) groups is 1. The predicted molar refractivity (Wildman–Crippen MR) is 73.8 cm³/mol. The van der Waals surface area contributed by atoms with Crippen molar-refractivity contribution in [3.8, 4) is 0 Å². The number of rotatable bonds is 3. The predicted octanol–water partition coefficient (Wildman–Crippen LogP) is 0.382. The van der Waals surface area contributed by atoms with Gasteiger partial charge in [-0.25, -0.2) is 4.79 Å². The lowest BCUT2D eigenvalue weighted by Crippen LogP contribution is -2.33. The minimum absolute atomic E-state index is 0.182. The first-order valence-electron chi connectivity index (χ1n) is 5.77. The summed E-state index contributed by atoms with van der Waals surface area (Å²) in [6.45, 7) is 1.52. The number of aromatic amines is 1. The summed E-state index contributed by atoms with van der Waals surface area (Å²) in [7, 11) is 0. The van der Waals surface area contributed by atoms with E-state index < -0.39 is 17.5 Å². The molecule has 0 aliphatic carbocycles. The number of esters is 1. The van der Waals surface area contributed by atoms with Crippen molar-refractivity contribution in [2.75, 3.05) is 6.61 Å². The number of nitrogens with zero attached hydrogens (tertiary/aromatic N) is 1. The molecule has 8 heteroatoms. The average molecular weight is 380 g/mol. The molecule has 0 radical (unpaired) electrons. The number of hydrogen-bond donors (Lipinski definition) is 1. The maximum Gasteiger partial charge on any atom is 0.330 e. The zero-order valence-corrected chi connectivity index (χ0v) is 12.4. The summed E-state index contributed by atoms with van der Waals surface area (Å²) in [5.41, 5.74) is -0.903. The van der Waals surface area contributed by atoms with Crippen LogP contribution in [0.2, 0.25) is 0 Å². The topological polar surface area (TPSA) is 90.4 Å². The van der Waals surface area contributed by atoms with Crippen molar-refractivity contribution in [3.05, 3.63) is 30.6 Å². The molecule has 0 bridgehead atoms. The van der Waals surface area contributed by atoms with Crippen LogP contribution in [0, 0.1) is 3.57 Å². The lowest BCUT2D eigenvalue weighted by atomic mass is 10.2. The van der Waals surface area contributed by atoms with E-state index in [1.807, 2.05) is 22.6 Å². The molecule has 2 rings (SSSR count). The summed E-state index contributed by atoms with van der Waals surface area (Å²) in [4.78, 5) is 35.9. The summed E-state index contributed by atoms with van der Waals surface area (Å²) in [5, 5.41) is 0. The van der Waals surface area contributed by atoms with Gasteiger partial charge in [-0.1, -0.05) is 0 Å². The summed E-state index contributed by atoms with van der Waals surface area (Å²) in [5.74, 6) is -0.359. The first-order valence-corrected chi connectivity index (χ1v) is 6.85. The van der Waals surface area contributed by atoms with E-state index in [4.69, 9.17) is 9.47 Å². The number of nitrogens with one attached hydrogen (secondary N) is 1. The first-order chi connectivity index (χ1) is 8.97. The Morgan fingerprint density at radius 1 is 1.58 bits per heavy atom. The van der Waals surface area contributed by atoms with Gasteiger partial charge in [0.2, 0.25) is 0 Å². The van der Waals surface area contributed by atoms with Crippen LogP contribution in [-0.4, -0.2) is 28.2 Å². The molecule has 0 aromatic carbocycles. The van der Waals surface area contributed by atoms with Crippen molar-refractivity contribution in [1.29, 1.82) is 0 Å². The first kappa shape index (κ1) is 14.3. The van der Waals surface area contributed by atoms with Gasteiger partial charge in [0.25, 0.3) is 5.56 Å². The van der Waals surface area contributed by atoms with Gasteiger partial charge in [-0.15, -0.1) is 0 Å². The van der Waals surface area contributed by atoms with Crippen molar-refractivity contribution < 1.29 is 14.3 Å². The fourth-order valence-corrected chi connectivity index (χ4v) is 2.33. The Kier molecular flexibility index (Phi) is 4.40. The Labute approximate surface area is 122 Å². The molecule has 19 heavy (non-hydrogen) atoms. The van der Waals surface area contributed by atoms with Crippen LogP contribution in [0.4, 0.5) is 0 Å². The molecule has 0 unspecified atom stereocenters. The van der Waals surface area contributed by atoms with E-state index in [2.05, 4.69) is 4.98 Å². The molecule has 1 aliphatic heterocycles. The molecule has 0 amide bonds. The highest BCUT2D eigenvalue weighted by molar-refractivity contribution is 14.1. The van der Waals surface area contributed by atoms with Crippen molar-refractivity contribution in [2.45, 2.75) is 32.1 Å². The molecule has 0 spiro atoms. The Morgan fingerprint density at radius 3 is 3.00 bits per heavy atom. The van der Waals surface area contributed by atoms with Gasteiger partial charge in [-0.05, 0) is 35.4 Å². The lowest BCUT2D eigenvalue weighted by molar-refractivity contribution is -0.145. The average Bonchev–Trinajstić information content (AvgIpc) is 2.80. The number of hydrogen-bond acceptors (Lipinski definition) is 5. The second-order valence-electron chi connectivity index (χ2n) is 4.24. The lowest BCUT2D eigenvalue weighted by Gasteiger charge is -2.15. The van der Waals surface area contributed by atoms with Crippen molar-refractivity contribution >= 4 is 28.6 Å². The van der Waals surface area contributed by atoms with Gasteiger partial charge >= 0.3 is 11.7 Å². The van der Waals surface area contributed by atoms with Crippen LogP contribution in [0.3, 0.4) is 0 Å². The quantitative estimate of drug-likeness (QED) is 0.605. The van der Waals surface area contributed by atoms with Crippen LogP contribution in [0.1, 0.15) is 26.0 Å². The number of aromatic nitrogens is 2. The summed E-state index contributed by atoms with van der Waals surface area (Å²) in [6.07, 6.45) is 2.15. The van der Waals surface area contributed by atoms with Gasteiger partial charge in [-0.3, -0.25) is 19.1 Å². The zero-order chi connectivity index (χ0) is 14.0. The molecule has 2 heterocycles. The van der Waals surface area contributed by atoms with E-state index in [0.29, 0.717) is 16.4 Å². The number of halogens is 1. The van der Waals surface area contributed by atoms with Gasteiger partial charge in [0.15, 0.2) is 0 Å². The summed E-state index contributed by atoms with van der Waals surface area (Å²) < 4.78 is 12.3. The molecule has 1 aromatic heterocycles. The van der Waals surface area contributed by atoms with Gasteiger partial charge in [-0.2, -0.15) is 0 Å². The van der Waals surface area contributed by atoms with Gasteiger partial charge in [0.1, 0.15) is 12.8 Å². The fourth-order valence-electron chi connectivity index (χ4n) is 1.90. The maximum atomic E-state index is 11.7. The minimum Gasteiger partial charge on any atom is -0.463 e. The maximum absolute atomic E-state index is 11.7. The van der Waals surface area contributed by atoms with E-state index in [1.54, 1.807) is 0 Å². The molecule has 104 valence electrons. The largest absolute Gasteiger partial charge is 0.463 e. The Hall–Kier alpha value is -1.16. The third-order valence-corrected chi connectivity index (χ3v) is 3.56. The van der Waals surface area contributed by atoms with Gasteiger partial charge in [0, 0.05) is 13.1 Å². The van der Waals surface area contributed by atoms with E-state index in [-0.39, 0.29) is 18.7 Å². The molecule has 7 nitrogen and oxygen atoms in total. The van der Waals surface area contributed by atoms with Gasteiger partial charge < -0.3 is 9.47 Å². The SMILES string of the molecule is CC(=O)OC[C@@H]1CC[C@H](n2cc(I)c(=O)[nH]c2=O)O1. The van der Waals surface area contributed by atoms with E-state index >= 15 is 0 Å². The van der Waals surface area contributed by atoms with Gasteiger partial charge in [0.05, 0.1) is 9.67 Å². The van der Waals surface area contributed by atoms with Crippen LogP contribution in [-0.2, 0) is 14.3 Å². The number of H-pyrrole nitrogens is 1. The standard InChI is InChI=1S/C11H13IN2O5/c1-6(15)18-5-7-2-3-9(19-7)14-4-8(12)10(16)13-11(14)17/h4,7,9H,2-3,5H2,1H3,(H,13,16,17)/t7-,9+/m0/s1. The fraction of sp³-hybridized carbons (Fsp3) is 0.545. The molecule has 2 atom stereocenters. The molecular formula is C11H13IN2O5. The number of carbonyl (C=O) groups excluding carboxylic acids is 1. The Bertz CT molecular complexity index is 593. The highest BCUT2D eigenvalue weighted by atomic mass is 127. The molecule has 1 fully saturated rings. The van der Waals surface area contributed by atoms with Crippen molar-refractivity contribution in [2.24, 2.45) is 0 Å². The highest BCUT2D eigenvalue weighted by Gasteiger charge is 2.28. The molecular weight excluding hydrogens is 367 g/mol. The smallest absolute Gasteiger partial charge is 0.330 e. The molecule has 1 N–H and O–H groups in total. The second-order valence-corrected chi connectivity index (χ2v) is 5.40. The summed E-state index contributed by atoms with van der Waals surface area (Å²) in [6, 6.07) is 0. The van der Waals surface area contributed by atoms with Crippen LogP contribution >= 0.6 is 22.6 Å². The van der Waals surface area contributed by atoms with Crippen LogP contribution in [0.15, 0.2) is 15.8 Å². The van der Waals surface area contributed by atoms with Crippen LogP contribution < -0.4 is 11.2 Å². The van der Waals surface area contributed by atoms with Crippen LogP contribution in [0.5, 0.6) is 0 Å². The second kappa shape index (κ2) is 5.87. The number of ether oxygens (including phenoxy) is 2. The Morgan fingerprint density at radius 2 is 2.32 bits per heavy atom. The highest BCUT2D eigenvalue weighted by Crippen LogP contribution is 2.27. The third kappa shape index (κ3) is 3.44. The van der Waals surface area contributed by atoms with E-state index in [0.717, 1.165) is 0 Å². The molecule has 1 saturated heterocycles. The molecule has 1 aromatic rings.